The minimum absolute atomic E-state index is 0.0645. The first kappa shape index (κ1) is 26.9. The Morgan fingerprint density at radius 3 is 2.49 bits per heavy atom. The van der Waals surface area contributed by atoms with Crippen LogP contribution in [0.2, 0.25) is 0 Å². The van der Waals surface area contributed by atoms with E-state index >= 15 is 0 Å². The van der Waals surface area contributed by atoms with E-state index in [9.17, 15) is 14.0 Å². The van der Waals surface area contributed by atoms with Crippen LogP contribution >= 0.6 is 15.9 Å². The van der Waals surface area contributed by atoms with E-state index in [1.54, 1.807) is 26.4 Å². The molecule has 8 heteroatoms. The number of nitrogens with one attached hydrogen (secondary N) is 1. The van der Waals surface area contributed by atoms with Gasteiger partial charge in [-0.3, -0.25) is 4.79 Å². The fraction of sp³-hybridized carbons (Fsp3) is 0.379. The number of ether oxygens (including phenoxy) is 3. The molecule has 0 fully saturated rings. The van der Waals surface area contributed by atoms with E-state index in [0.29, 0.717) is 46.9 Å². The van der Waals surface area contributed by atoms with Crippen LogP contribution in [0, 0.1) is 5.82 Å². The van der Waals surface area contributed by atoms with Gasteiger partial charge in [-0.15, -0.1) is 0 Å². The summed E-state index contributed by atoms with van der Waals surface area (Å²) in [5, 5.41) is 3.34. The molecule has 6 nitrogen and oxygen atoms in total. The van der Waals surface area contributed by atoms with Crippen molar-refractivity contribution in [3.05, 3.63) is 80.4 Å². The number of Topliss-reactive ketones (excluding diaryl/α,β-unsaturated/α-hetero) is 1. The van der Waals surface area contributed by atoms with E-state index in [2.05, 4.69) is 21.2 Å². The van der Waals surface area contributed by atoms with Gasteiger partial charge in [0.05, 0.1) is 30.9 Å². The third-order valence-corrected chi connectivity index (χ3v) is 7.54. The molecular formula is C29H31BrFNO5. The van der Waals surface area contributed by atoms with Gasteiger partial charge >= 0.3 is 5.97 Å². The minimum atomic E-state index is -0.652. The highest BCUT2D eigenvalue weighted by atomic mass is 79.9. The Morgan fingerprint density at radius 1 is 1.08 bits per heavy atom. The summed E-state index contributed by atoms with van der Waals surface area (Å²) in [6, 6.07) is 10.3. The number of hydrogen-bond donors (Lipinski definition) is 1. The largest absolute Gasteiger partial charge is 0.493 e. The van der Waals surface area contributed by atoms with Crippen molar-refractivity contribution in [1.82, 2.24) is 5.32 Å². The number of allylic oxidation sites excluding steroid dienone is 3. The molecule has 2 unspecified atom stereocenters. The predicted molar refractivity (Wildman–Crippen MR) is 142 cm³/mol. The van der Waals surface area contributed by atoms with Crippen LogP contribution in [0.1, 0.15) is 62.5 Å². The second kappa shape index (κ2) is 11.5. The molecule has 0 spiro atoms. The summed E-state index contributed by atoms with van der Waals surface area (Å²) < 4.78 is 30.8. The summed E-state index contributed by atoms with van der Waals surface area (Å²) in [6.07, 6.45) is 2.48. The number of rotatable bonds is 8. The second-order valence-corrected chi connectivity index (χ2v) is 10.1. The van der Waals surface area contributed by atoms with E-state index < -0.39 is 17.7 Å². The zero-order valence-corrected chi connectivity index (χ0v) is 23.0. The summed E-state index contributed by atoms with van der Waals surface area (Å²) in [5.74, 6) is -0.452. The molecule has 1 aliphatic heterocycles. The van der Waals surface area contributed by atoms with Gasteiger partial charge in [-0.05, 0) is 77.0 Å². The van der Waals surface area contributed by atoms with Crippen LogP contribution in [-0.4, -0.2) is 32.6 Å². The van der Waals surface area contributed by atoms with Crippen molar-refractivity contribution in [3.8, 4) is 11.5 Å². The molecule has 0 saturated heterocycles. The SMILES string of the molecule is CCCCOC(=O)C1=C(C)NC2=C(C(=O)CC(c3ccc(OC)c(OC)c3)C2)C1c1ccc(F)c(Br)c1. The van der Waals surface area contributed by atoms with Crippen molar-refractivity contribution in [1.29, 1.82) is 0 Å². The van der Waals surface area contributed by atoms with Crippen LogP contribution < -0.4 is 14.8 Å². The third-order valence-electron chi connectivity index (χ3n) is 6.93. The molecule has 1 N–H and O–H groups in total. The lowest BCUT2D eigenvalue weighted by molar-refractivity contribution is -0.139. The molecular weight excluding hydrogens is 541 g/mol. The summed E-state index contributed by atoms with van der Waals surface area (Å²) in [5.41, 5.74) is 3.93. The number of unbranched alkanes of at least 4 members (excludes halogenated alkanes) is 1. The topological polar surface area (TPSA) is 73.9 Å². The lowest BCUT2D eigenvalue weighted by atomic mass is 9.71. The van der Waals surface area contributed by atoms with Crippen molar-refractivity contribution in [2.24, 2.45) is 0 Å². The second-order valence-electron chi connectivity index (χ2n) is 9.29. The minimum Gasteiger partial charge on any atom is -0.493 e. The van der Waals surface area contributed by atoms with Crippen molar-refractivity contribution in [2.45, 2.75) is 51.4 Å². The number of carbonyl (C=O) groups is 2. The summed E-state index contributed by atoms with van der Waals surface area (Å²) >= 11 is 3.26. The van der Waals surface area contributed by atoms with Crippen LogP contribution in [0.5, 0.6) is 11.5 Å². The van der Waals surface area contributed by atoms with Gasteiger partial charge in [-0.1, -0.05) is 25.5 Å². The Kier molecular flexibility index (Phi) is 8.37. The average molecular weight is 572 g/mol. The number of halogens is 2. The molecule has 0 radical (unpaired) electrons. The number of benzene rings is 2. The first-order chi connectivity index (χ1) is 17.8. The maximum Gasteiger partial charge on any atom is 0.336 e. The van der Waals surface area contributed by atoms with Crippen LogP contribution in [0.3, 0.4) is 0 Å². The zero-order valence-electron chi connectivity index (χ0n) is 21.5. The molecule has 2 atom stereocenters. The lowest BCUT2D eigenvalue weighted by Gasteiger charge is -2.37. The Balaban J connectivity index is 1.75. The van der Waals surface area contributed by atoms with Gasteiger partial charge in [0.1, 0.15) is 5.82 Å². The van der Waals surface area contributed by atoms with Crippen LogP contribution in [0.15, 0.2) is 63.4 Å². The molecule has 4 rings (SSSR count). The molecule has 1 aliphatic carbocycles. The van der Waals surface area contributed by atoms with Crippen molar-refractivity contribution >= 4 is 27.7 Å². The molecule has 196 valence electrons. The Bertz CT molecular complexity index is 1290. The van der Waals surface area contributed by atoms with E-state index in [1.807, 2.05) is 32.0 Å². The monoisotopic (exact) mass is 571 g/mol. The fourth-order valence-electron chi connectivity index (χ4n) is 5.06. The number of ketones is 1. The number of esters is 1. The summed E-state index contributed by atoms with van der Waals surface area (Å²) in [4.78, 5) is 27.0. The standard InChI is InChI=1S/C29H31BrFNO5/c1-5-6-11-37-29(34)26-16(2)32-22-13-19(17-8-10-24(35-3)25(15-17)36-4)14-23(33)28(22)27(26)18-7-9-21(31)20(30)12-18/h7-10,12,15,19,27,32H,5-6,11,13-14H2,1-4H3. The Labute approximate surface area is 225 Å². The molecule has 37 heavy (non-hydrogen) atoms. The highest BCUT2D eigenvalue weighted by Gasteiger charge is 2.41. The number of dihydropyridines is 1. The molecule has 1 heterocycles. The predicted octanol–water partition coefficient (Wildman–Crippen LogP) is 6.31. The third kappa shape index (κ3) is 5.44. The highest BCUT2D eigenvalue weighted by molar-refractivity contribution is 9.10. The smallest absolute Gasteiger partial charge is 0.336 e. The van der Waals surface area contributed by atoms with Gasteiger partial charge in [0, 0.05) is 29.3 Å². The molecule has 2 aromatic carbocycles. The summed E-state index contributed by atoms with van der Waals surface area (Å²) in [6.45, 7) is 4.13. The maximum atomic E-state index is 14.1. The van der Waals surface area contributed by atoms with E-state index in [4.69, 9.17) is 14.2 Å². The lowest BCUT2D eigenvalue weighted by Crippen LogP contribution is -2.36. The molecule has 2 aliphatic rings. The van der Waals surface area contributed by atoms with E-state index in [-0.39, 0.29) is 22.6 Å². The number of methoxy groups -OCH3 is 2. The molecule has 0 saturated carbocycles. The van der Waals surface area contributed by atoms with Crippen LogP contribution in [0.4, 0.5) is 4.39 Å². The first-order valence-corrected chi connectivity index (χ1v) is 13.2. The number of carbonyl (C=O) groups excluding carboxylic acids is 2. The van der Waals surface area contributed by atoms with Crippen molar-refractivity contribution in [2.75, 3.05) is 20.8 Å². The molecule has 0 amide bonds. The van der Waals surface area contributed by atoms with Crippen LogP contribution in [0.25, 0.3) is 0 Å². The molecule has 0 aromatic heterocycles. The maximum absolute atomic E-state index is 14.1. The van der Waals surface area contributed by atoms with Gasteiger partial charge in [0.2, 0.25) is 0 Å². The first-order valence-electron chi connectivity index (χ1n) is 12.4. The average Bonchev–Trinajstić information content (AvgIpc) is 2.88. The number of hydrogen-bond acceptors (Lipinski definition) is 6. The molecule has 0 bridgehead atoms. The fourth-order valence-corrected chi connectivity index (χ4v) is 5.46. The Hall–Kier alpha value is -3.13. The quantitative estimate of drug-likeness (QED) is 0.295. The molecule has 2 aromatic rings. The summed E-state index contributed by atoms with van der Waals surface area (Å²) in [7, 11) is 3.16. The van der Waals surface area contributed by atoms with Crippen LogP contribution in [-0.2, 0) is 14.3 Å². The highest BCUT2D eigenvalue weighted by Crippen LogP contribution is 2.47. The zero-order chi connectivity index (χ0) is 26.7. The van der Waals surface area contributed by atoms with Crippen molar-refractivity contribution < 1.29 is 28.2 Å². The Morgan fingerprint density at radius 2 is 1.81 bits per heavy atom. The van der Waals surface area contributed by atoms with Gasteiger partial charge in [-0.2, -0.15) is 0 Å². The van der Waals surface area contributed by atoms with E-state index in [1.165, 1.54) is 6.07 Å². The van der Waals surface area contributed by atoms with Gasteiger partial charge in [-0.25, -0.2) is 9.18 Å². The van der Waals surface area contributed by atoms with E-state index in [0.717, 1.165) is 24.1 Å². The van der Waals surface area contributed by atoms with Gasteiger partial charge < -0.3 is 19.5 Å². The van der Waals surface area contributed by atoms with Gasteiger partial charge in [0.25, 0.3) is 0 Å². The van der Waals surface area contributed by atoms with Gasteiger partial charge in [0.15, 0.2) is 17.3 Å². The normalized spacial score (nSPS) is 19.4. The van der Waals surface area contributed by atoms with Crippen molar-refractivity contribution in [3.63, 3.8) is 0 Å².